The molecule has 1 heterocycles. The van der Waals surface area contributed by atoms with Crippen molar-refractivity contribution >= 4 is 12.1 Å². The summed E-state index contributed by atoms with van der Waals surface area (Å²) in [6, 6.07) is 26.0. The van der Waals surface area contributed by atoms with Crippen molar-refractivity contribution in [2.75, 3.05) is 6.61 Å². The maximum Gasteiger partial charge on any atom is 0.416 e. The largest absolute Gasteiger partial charge is 0.444 e. The summed E-state index contributed by atoms with van der Waals surface area (Å²) in [5, 5.41) is 0. The van der Waals surface area contributed by atoms with Crippen molar-refractivity contribution in [3.8, 4) is 0 Å². The molecule has 45 heavy (non-hydrogen) atoms. The highest BCUT2D eigenvalue weighted by Gasteiger charge is 2.60. The molecule has 0 saturated carbocycles. The third-order valence-corrected chi connectivity index (χ3v) is 7.17. The van der Waals surface area contributed by atoms with E-state index in [0.717, 1.165) is 4.90 Å². The number of carbonyl (C=O) groups excluding carboxylic acids is 2. The average Bonchev–Trinajstić information content (AvgIpc) is 3.33. The molecule has 1 fully saturated rings. The maximum atomic E-state index is 13.8. The standard InChI is InChI=1S/C33H25F6NO5/c34-32(35,36)26-16-23(17-27(18-26)33(37,38)39)19-43-21-31(25-14-8-3-9-15-25)29(41)45-28(24-12-6-2-7-13-24)40(31)30(42)44-20-22-10-4-1-5-11-22/h1-18,28H,19-21H2/t28-,31-/m1/s1. The van der Waals surface area contributed by atoms with E-state index in [2.05, 4.69) is 0 Å². The van der Waals surface area contributed by atoms with Crippen molar-refractivity contribution < 1.29 is 50.1 Å². The van der Waals surface area contributed by atoms with Crippen LogP contribution in [0.3, 0.4) is 0 Å². The van der Waals surface area contributed by atoms with E-state index in [9.17, 15) is 35.9 Å². The van der Waals surface area contributed by atoms with Gasteiger partial charge in [-0.1, -0.05) is 91.0 Å². The smallest absolute Gasteiger partial charge is 0.416 e. The monoisotopic (exact) mass is 629 g/mol. The summed E-state index contributed by atoms with van der Waals surface area (Å²) in [4.78, 5) is 28.7. The third kappa shape index (κ3) is 6.80. The quantitative estimate of drug-likeness (QED) is 0.146. The summed E-state index contributed by atoms with van der Waals surface area (Å²) in [7, 11) is 0. The number of esters is 1. The minimum atomic E-state index is -5.06. The molecule has 0 radical (unpaired) electrons. The van der Waals surface area contributed by atoms with Gasteiger partial charge in [-0.15, -0.1) is 0 Å². The lowest BCUT2D eigenvalue weighted by Gasteiger charge is -2.35. The van der Waals surface area contributed by atoms with E-state index in [1.165, 1.54) is 12.1 Å². The number of nitrogens with zero attached hydrogens (tertiary/aromatic N) is 1. The molecule has 6 nitrogen and oxygen atoms in total. The Morgan fingerprint density at radius 3 is 1.82 bits per heavy atom. The van der Waals surface area contributed by atoms with Crippen LogP contribution in [0, 0.1) is 0 Å². The Morgan fingerprint density at radius 1 is 0.733 bits per heavy atom. The highest BCUT2D eigenvalue weighted by atomic mass is 19.4. The summed E-state index contributed by atoms with van der Waals surface area (Å²) in [5.74, 6) is -0.931. The summed E-state index contributed by atoms with van der Waals surface area (Å²) < 4.78 is 97.8. The van der Waals surface area contributed by atoms with Crippen molar-refractivity contribution in [2.45, 2.75) is 37.3 Å². The van der Waals surface area contributed by atoms with Gasteiger partial charge in [0, 0.05) is 5.56 Å². The minimum Gasteiger partial charge on any atom is -0.444 e. The van der Waals surface area contributed by atoms with Gasteiger partial charge in [0.05, 0.1) is 24.3 Å². The van der Waals surface area contributed by atoms with E-state index in [4.69, 9.17) is 14.2 Å². The second kappa shape index (κ2) is 12.6. The molecule has 0 aliphatic carbocycles. The second-order valence-corrected chi connectivity index (χ2v) is 10.2. The Balaban J connectivity index is 1.53. The number of alkyl halides is 6. The normalized spacial score (nSPS) is 18.5. The number of halogens is 6. The van der Waals surface area contributed by atoms with Crippen LogP contribution in [0.25, 0.3) is 0 Å². The molecule has 0 aromatic heterocycles. The van der Waals surface area contributed by atoms with E-state index in [-0.39, 0.29) is 18.2 Å². The molecule has 1 amide bonds. The summed E-state index contributed by atoms with van der Waals surface area (Å²) in [5.41, 5.74) is -4.19. The van der Waals surface area contributed by atoms with Gasteiger partial charge in [-0.3, -0.25) is 0 Å². The molecule has 4 aromatic carbocycles. The summed E-state index contributed by atoms with van der Waals surface area (Å²) >= 11 is 0. The van der Waals surface area contributed by atoms with Gasteiger partial charge in [0.15, 0.2) is 5.54 Å². The van der Waals surface area contributed by atoms with Crippen molar-refractivity contribution in [1.29, 1.82) is 0 Å². The van der Waals surface area contributed by atoms with Crippen LogP contribution >= 0.6 is 0 Å². The molecule has 0 bridgehead atoms. The fraction of sp³-hybridized carbons (Fsp3) is 0.212. The molecular weight excluding hydrogens is 604 g/mol. The Hall–Kier alpha value is -4.84. The zero-order chi connectivity index (χ0) is 32.2. The SMILES string of the molecule is O=C(OCc1ccccc1)N1[C@@H](c2ccccc2)OC(=O)[C@@]1(COCc1cc(C(F)(F)F)cc(C(F)(F)F)c1)c1ccccc1. The van der Waals surface area contributed by atoms with Crippen LogP contribution in [0.5, 0.6) is 0 Å². The topological polar surface area (TPSA) is 65.1 Å². The highest BCUT2D eigenvalue weighted by molar-refractivity contribution is 5.90. The molecule has 5 rings (SSSR count). The fourth-order valence-corrected chi connectivity index (χ4v) is 5.03. The lowest BCUT2D eigenvalue weighted by molar-refractivity contribution is -0.148. The lowest BCUT2D eigenvalue weighted by atomic mass is 9.89. The molecule has 0 unspecified atom stereocenters. The van der Waals surface area contributed by atoms with Gasteiger partial charge in [0.25, 0.3) is 0 Å². The Kier molecular flexibility index (Phi) is 8.87. The van der Waals surface area contributed by atoms with Gasteiger partial charge in [-0.25, -0.2) is 14.5 Å². The van der Waals surface area contributed by atoms with E-state index >= 15 is 0 Å². The van der Waals surface area contributed by atoms with Gasteiger partial charge in [0.1, 0.15) is 6.61 Å². The fourth-order valence-electron chi connectivity index (χ4n) is 5.03. The number of rotatable bonds is 8. The number of amides is 1. The molecule has 0 spiro atoms. The molecule has 1 aliphatic heterocycles. The second-order valence-electron chi connectivity index (χ2n) is 10.2. The Labute approximate surface area is 253 Å². The minimum absolute atomic E-state index is 0.0121. The first-order chi connectivity index (χ1) is 21.4. The molecular formula is C33H25F6NO5. The van der Waals surface area contributed by atoms with E-state index in [1.807, 2.05) is 0 Å². The molecule has 12 heteroatoms. The van der Waals surface area contributed by atoms with Crippen LogP contribution in [0.15, 0.2) is 109 Å². The van der Waals surface area contributed by atoms with Crippen molar-refractivity contribution in [3.05, 3.63) is 143 Å². The first kappa shape index (κ1) is 31.6. The van der Waals surface area contributed by atoms with Crippen LogP contribution < -0.4 is 0 Å². The van der Waals surface area contributed by atoms with Gasteiger partial charge in [0.2, 0.25) is 6.23 Å². The molecule has 0 N–H and O–H groups in total. The number of cyclic esters (lactones) is 1. The number of benzene rings is 4. The molecule has 1 aliphatic rings. The highest BCUT2D eigenvalue weighted by Crippen LogP contribution is 2.46. The van der Waals surface area contributed by atoms with Gasteiger partial charge in [-0.2, -0.15) is 26.3 Å². The lowest BCUT2D eigenvalue weighted by Crippen LogP contribution is -2.52. The van der Waals surface area contributed by atoms with Gasteiger partial charge >= 0.3 is 24.4 Å². The molecule has 234 valence electrons. The predicted molar refractivity (Wildman–Crippen MR) is 148 cm³/mol. The zero-order valence-corrected chi connectivity index (χ0v) is 23.3. The first-order valence-electron chi connectivity index (χ1n) is 13.6. The molecule has 4 aromatic rings. The van der Waals surface area contributed by atoms with E-state index in [0.29, 0.717) is 23.3 Å². The number of hydrogen-bond donors (Lipinski definition) is 0. The first-order valence-corrected chi connectivity index (χ1v) is 13.6. The van der Waals surface area contributed by atoms with E-state index < -0.39 is 66.1 Å². The van der Waals surface area contributed by atoms with E-state index in [1.54, 1.807) is 78.9 Å². The van der Waals surface area contributed by atoms with Crippen LogP contribution in [0.4, 0.5) is 31.1 Å². The molecule has 1 saturated heterocycles. The Bertz CT molecular complexity index is 1600. The molecule has 2 atom stereocenters. The predicted octanol–water partition coefficient (Wildman–Crippen LogP) is 8.03. The Morgan fingerprint density at radius 2 is 1.27 bits per heavy atom. The van der Waals surface area contributed by atoms with Crippen molar-refractivity contribution in [1.82, 2.24) is 4.90 Å². The summed E-state index contributed by atoms with van der Waals surface area (Å²) in [6.45, 7) is -1.60. The number of hydrogen-bond acceptors (Lipinski definition) is 5. The van der Waals surface area contributed by atoms with Crippen molar-refractivity contribution in [3.63, 3.8) is 0 Å². The third-order valence-electron chi connectivity index (χ3n) is 7.17. The zero-order valence-electron chi connectivity index (χ0n) is 23.3. The maximum absolute atomic E-state index is 13.8. The van der Waals surface area contributed by atoms with Crippen molar-refractivity contribution in [2.24, 2.45) is 0 Å². The van der Waals surface area contributed by atoms with Gasteiger partial charge < -0.3 is 14.2 Å². The number of carbonyl (C=O) groups is 2. The average molecular weight is 630 g/mol. The number of ether oxygens (including phenoxy) is 3. The van der Waals surface area contributed by atoms with Crippen LogP contribution in [-0.2, 0) is 50.1 Å². The van der Waals surface area contributed by atoms with Crippen LogP contribution in [0.2, 0.25) is 0 Å². The van der Waals surface area contributed by atoms with Crippen LogP contribution in [-0.4, -0.2) is 23.6 Å². The van der Waals surface area contributed by atoms with Gasteiger partial charge in [-0.05, 0) is 34.9 Å². The summed E-state index contributed by atoms with van der Waals surface area (Å²) in [6.07, 6.45) is -12.4. The van der Waals surface area contributed by atoms with Crippen LogP contribution in [0.1, 0.15) is 39.6 Å².